The molecule has 0 aliphatic carbocycles. The van der Waals surface area contributed by atoms with Gasteiger partial charge in [-0.05, 0) is 55.3 Å². The van der Waals surface area contributed by atoms with Crippen LogP contribution < -0.4 is 9.46 Å². The molecular formula is C19H21N3O3S. The van der Waals surface area contributed by atoms with Crippen molar-refractivity contribution in [3.63, 3.8) is 0 Å². The molecule has 136 valence electrons. The predicted octanol–water partition coefficient (Wildman–Crippen LogP) is 3.21. The summed E-state index contributed by atoms with van der Waals surface area (Å²) in [5, 5.41) is 6.92. The van der Waals surface area contributed by atoms with Crippen LogP contribution in [0.15, 0.2) is 71.8 Å². The van der Waals surface area contributed by atoms with Crippen molar-refractivity contribution in [1.29, 1.82) is 0 Å². The zero-order valence-corrected chi connectivity index (χ0v) is 15.1. The Morgan fingerprint density at radius 1 is 0.962 bits per heavy atom. The monoisotopic (exact) mass is 371 g/mol. The molecule has 0 spiro atoms. The Morgan fingerprint density at radius 3 is 2.42 bits per heavy atom. The largest absolute Gasteiger partial charge is 0.494 e. The number of hydrogen-bond donors (Lipinski definition) is 2. The molecule has 1 aromatic heterocycles. The lowest BCUT2D eigenvalue weighted by Crippen LogP contribution is -2.25. The average molecular weight is 371 g/mol. The molecule has 0 saturated carbocycles. The van der Waals surface area contributed by atoms with Gasteiger partial charge in [0, 0.05) is 18.3 Å². The van der Waals surface area contributed by atoms with Crippen LogP contribution in [-0.4, -0.2) is 31.8 Å². The quantitative estimate of drug-likeness (QED) is 0.566. The topological polar surface area (TPSA) is 84.1 Å². The molecule has 7 heteroatoms. The number of aromatic nitrogens is 2. The molecule has 26 heavy (non-hydrogen) atoms. The maximum absolute atomic E-state index is 12.1. The number of unbranched alkanes of at least 4 members (excludes halogenated alkanes) is 1. The Morgan fingerprint density at radius 2 is 1.73 bits per heavy atom. The smallest absolute Gasteiger partial charge is 0.240 e. The first-order valence-electron chi connectivity index (χ1n) is 8.43. The summed E-state index contributed by atoms with van der Waals surface area (Å²) in [6.45, 7) is 0.924. The summed E-state index contributed by atoms with van der Waals surface area (Å²) in [5.41, 5.74) is 1.91. The van der Waals surface area contributed by atoms with Crippen LogP contribution in [0.5, 0.6) is 5.75 Å². The summed E-state index contributed by atoms with van der Waals surface area (Å²) in [6.07, 6.45) is 3.25. The van der Waals surface area contributed by atoms with Gasteiger partial charge in [0.25, 0.3) is 0 Å². The minimum atomic E-state index is -3.43. The lowest BCUT2D eigenvalue weighted by molar-refractivity contribution is 0.307. The second-order valence-electron chi connectivity index (χ2n) is 5.75. The van der Waals surface area contributed by atoms with E-state index in [9.17, 15) is 8.42 Å². The fourth-order valence-corrected chi connectivity index (χ4v) is 3.54. The number of sulfonamides is 1. The highest BCUT2D eigenvalue weighted by Gasteiger charge is 2.11. The number of rotatable bonds is 9. The number of hydrogen-bond acceptors (Lipinski definition) is 4. The normalized spacial score (nSPS) is 11.4. The number of ether oxygens (including phenoxy) is 1. The molecule has 0 saturated heterocycles. The van der Waals surface area contributed by atoms with E-state index in [4.69, 9.17) is 4.74 Å². The molecule has 0 radical (unpaired) electrons. The molecule has 0 aliphatic rings. The molecule has 2 aromatic carbocycles. The first-order chi connectivity index (χ1) is 12.6. The Balaban J connectivity index is 1.37. The SMILES string of the molecule is O=S(=O)(NCCCCOc1ccc(-c2cc[nH]n2)cc1)c1ccccc1. The van der Waals surface area contributed by atoms with E-state index in [1.807, 2.05) is 30.3 Å². The lowest BCUT2D eigenvalue weighted by atomic mass is 10.1. The van der Waals surface area contributed by atoms with Gasteiger partial charge in [0.1, 0.15) is 5.75 Å². The van der Waals surface area contributed by atoms with E-state index in [0.29, 0.717) is 19.6 Å². The number of benzene rings is 2. The Hall–Kier alpha value is -2.64. The van der Waals surface area contributed by atoms with Crippen LogP contribution in [0.1, 0.15) is 12.8 Å². The van der Waals surface area contributed by atoms with Crippen LogP contribution in [0.4, 0.5) is 0 Å². The fourth-order valence-electron chi connectivity index (χ4n) is 2.45. The summed E-state index contributed by atoms with van der Waals surface area (Å²) in [4.78, 5) is 0.285. The molecule has 3 aromatic rings. The van der Waals surface area contributed by atoms with Crippen molar-refractivity contribution in [3.05, 3.63) is 66.9 Å². The summed E-state index contributed by atoms with van der Waals surface area (Å²) >= 11 is 0. The molecule has 0 aliphatic heterocycles. The predicted molar refractivity (Wildman–Crippen MR) is 100 cm³/mol. The Labute approximate surface area is 153 Å². The highest BCUT2D eigenvalue weighted by Crippen LogP contribution is 2.20. The number of aromatic amines is 1. The number of nitrogens with zero attached hydrogens (tertiary/aromatic N) is 1. The van der Waals surface area contributed by atoms with Crippen molar-refractivity contribution in [2.45, 2.75) is 17.7 Å². The summed E-state index contributed by atoms with van der Waals surface area (Å²) in [6, 6.07) is 18.0. The number of nitrogens with one attached hydrogen (secondary N) is 2. The van der Waals surface area contributed by atoms with Gasteiger partial charge in [0.15, 0.2) is 0 Å². The van der Waals surface area contributed by atoms with Crippen LogP contribution in [0.2, 0.25) is 0 Å². The van der Waals surface area contributed by atoms with Gasteiger partial charge in [-0.3, -0.25) is 5.10 Å². The fraction of sp³-hybridized carbons (Fsp3) is 0.211. The van der Waals surface area contributed by atoms with E-state index < -0.39 is 10.0 Å². The van der Waals surface area contributed by atoms with E-state index in [0.717, 1.165) is 23.4 Å². The van der Waals surface area contributed by atoms with Gasteiger partial charge in [-0.1, -0.05) is 18.2 Å². The van der Waals surface area contributed by atoms with Gasteiger partial charge in [0.05, 0.1) is 17.2 Å². The maximum Gasteiger partial charge on any atom is 0.240 e. The molecule has 3 rings (SSSR count). The van der Waals surface area contributed by atoms with Crippen LogP contribution in [0.3, 0.4) is 0 Å². The van der Waals surface area contributed by atoms with E-state index in [1.165, 1.54) is 0 Å². The zero-order chi connectivity index (χ0) is 18.2. The average Bonchev–Trinajstić information content (AvgIpc) is 3.20. The molecule has 1 heterocycles. The van der Waals surface area contributed by atoms with Gasteiger partial charge in [-0.25, -0.2) is 13.1 Å². The van der Waals surface area contributed by atoms with E-state index in [1.54, 1.807) is 36.5 Å². The van der Waals surface area contributed by atoms with Gasteiger partial charge in [-0.15, -0.1) is 0 Å². The molecular weight excluding hydrogens is 350 g/mol. The first-order valence-corrected chi connectivity index (χ1v) is 9.91. The standard InChI is InChI=1S/C19H21N3O3S/c23-26(24,18-6-2-1-3-7-18)21-13-4-5-15-25-17-10-8-16(9-11-17)19-12-14-20-22-19/h1-3,6-12,14,21H,4-5,13,15H2,(H,20,22). The third-order valence-electron chi connectivity index (χ3n) is 3.84. The molecule has 0 atom stereocenters. The molecule has 0 fully saturated rings. The van der Waals surface area contributed by atoms with Crippen molar-refractivity contribution >= 4 is 10.0 Å². The summed E-state index contributed by atoms with van der Waals surface area (Å²) < 4.78 is 32.4. The molecule has 0 bridgehead atoms. The summed E-state index contributed by atoms with van der Waals surface area (Å²) in [5.74, 6) is 0.786. The Bertz CT molecular complexity index is 893. The van der Waals surface area contributed by atoms with Crippen molar-refractivity contribution in [1.82, 2.24) is 14.9 Å². The highest BCUT2D eigenvalue weighted by molar-refractivity contribution is 7.89. The lowest BCUT2D eigenvalue weighted by Gasteiger charge is -2.08. The van der Waals surface area contributed by atoms with Gasteiger partial charge in [0.2, 0.25) is 10.0 Å². The van der Waals surface area contributed by atoms with Crippen molar-refractivity contribution in [3.8, 4) is 17.0 Å². The van der Waals surface area contributed by atoms with Gasteiger partial charge in [-0.2, -0.15) is 5.10 Å². The van der Waals surface area contributed by atoms with Gasteiger partial charge >= 0.3 is 0 Å². The molecule has 0 unspecified atom stereocenters. The van der Waals surface area contributed by atoms with Crippen molar-refractivity contribution in [2.24, 2.45) is 0 Å². The third kappa shape index (κ3) is 4.93. The minimum absolute atomic E-state index is 0.285. The first kappa shape index (κ1) is 18.2. The maximum atomic E-state index is 12.1. The minimum Gasteiger partial charge on any atom is -0.494 e. The second-order valence-corrected chi connectivity index (χ2v) is 7.52. The van der Waals surface area contributed by atoms with Crippen LogP contribution in [0.25, 0.3) is 11.3 Å². The Kier molecular flexibility index (Phi) is 6.04. The highest BCUT2D eigenvalue weighted by atomic mass is 32.2. The van der Waals surface area contributed by atoms with Crippen LogP contribution in [-0.2, 0) is 10.0 Å². The number of H-pyrrole nitrogens is 1. The van der Waals surface area contributed by atoms with E-state index in [2.05, 4.69) is 14.9 Å². The third-order valence-corrected chi connectivity index (χ3v) is 5.31. The molecule has 2 N–H and O–H groups in total. The second kappa shape index (κ2) is 8.64. The molecule has 0 amide bonds. The van der Waals surface area contributed by atoms with Crippen LogP contribution in [0, 0.1) is 0 Å². The van der Waals surface area contributed by atoms with Crippen molar-refractivity contribution < 1.29 is 13.2 Å². The summed E-state index contributed by atoms with van der Waals surface area (Å²) in [7, 11) is -3.43. The van der Waals surface area contributed by atoms with E-state index in [-0.39, 0.29) is 4.90 Å². The molecule has 6 nitrogen and oxygen atoms in total. The van der Waals surface area contributed by atoms with E-state index >= 15 is 0 Å². The van der Waals surface area contributed by atoms with Gasteiger partial charge < -0.3 is 4.74 Å². The zero-order valence-electron chi connectivity index (χ0n) is 14.3. The van der Waals surface area contributed by atoms with Crippen molar-refractivity contribution in [2.75, 3.05) is 13.2 Å². The van der Waals surface area contributed by atoms with Crippen LogP contribution >= 0.6 is 0 Å².